The molecular weight excluding hydrogens is 352 g/mol. The number of aromatic amines is 1. The summed E-state index contributed by atoms with van der Waals surface area (Å²) in [6.07, 6.45) is 4.62. The molecule has 3 aromatic rings. The number of nitrogens with one attached hydrogen (secondary N) is 1. The second-order valence-corrected chi connectivity index (χ2v) is 6.84. The van der Waals surface area contributed by atoms with Gasteiger partial charge >= 0.3 is 0 Å². The van der Waals surface area contributed by atoms with Crippen LogP contribution in [0.1, 0.15) is 11.1 Å². The van der Waals surface area contributed by atoms with Crippen LogP contribution in [0, 0.1) is 6.92 Å². The van der Waals surface area contributed by atoms with Crippen LogP contribution in [-0.2, 0) is 11.3 Å². The Kier molecular flexibility index (Phi) is 6.32. The molecule has 0 atom stereocenters. The minimum absolute atomic E-state index is 0.562. The van der Waals surface area contributed by atoms with E-state index >= 15 is 0 Å². The van der Waals surface area contributed by atoms with Crippen LogP contribution in [-0.4, -0.2) is 48.8 Å². The van der Waals surface area contributed by atoms with Gasteiger partial charge in [-0.2, -0.15) is 5.10 Å². The lowest BCUT2D eigenvalue weighted by atomic mass is 10.0. The monoisotopic (exact) mass is 378 g/mol. The summed E-state index contributed by atoms with van der Waals surface area (Å²) in [5.41, 5.74) is 5.61. The highest BCUT2D eigenvalue weighted by Gasteiger charge is 2.09. The van der Waals surface area contributed by atoms with Gasteiger partial charge in [-0.3, -0.25) is 9.89 Å². The maximum absolute atomic E-state index is 11.5. The molecule has 0 bridgehead atoms. The van der Waals surface area contributed by atoms with E-state index in [1.165, 1.54) is 11.1 Å². The number of anilines is 1. The lowest BCUT2D eigenvalue weighted by molar-refractivity contribution is -0.118. The second-order valence-electron chi connectivity index (χ2n) is 6.84. The van der Waals surface area contributed by atoms with Crippen molar-refractivity contribution in [2.24, 2.45) is 0 Å². The first-order valence-corrected chi connectivity index (χ1v) is 9.24. The topological polar surface area (TPSA) is 61.5 Å². The smallest absolute Gasteiger partial charge is 0.210 e. The number of benzene rings is 2. The van der Waals surface area contributed by atoms with Crippen molar-refractivity contribution in [1.82, 2.24) is 15.1 Å². The quantitative estimate of drug-likeness (QED) is 0.579. The summed E-state index contributed by atoms with van der Waals surface area (Å²) in [5.74, 6) is 0.800. The zero-order valence-electron chi connectivity index (χ0n) is 16.6. The third-order valence-electron chi connectivity index (χ3n) is 4.85. The number of hydrogen-bond acceptors (Lipinski definition) is 4. The molecule has 2 aromatic carbocycles. The van der Waals surface area contributed by atoms with Gasteiger partial charge in [0.25, 0.3) is 0 Å². The average Bonchev–Trinajstić information content (AvgIpc) is 3.25. The summed E-state index contributed by atoms with van der Waals surface area (Å²) in [7, 11) is 3.69. The number of H-pyrrole nitrogens is 1. The van der Waals surface area contributed by atoms with Gasteiger partial charge in [0.2, 0.25) is 6.41 Å². The molecule has 0 aliphatic carbocycles. The molecule has 0 radical (unpaired) electrons. The van der Waals surface area contributed by atoms with Crippen molar-refractivity contribution < 1.29 is 9.53 Å². The van der Waals surface area contributed by atoms with Crippen LogP contribution < -0.4 is 9.64 Å². The lowest BCUT2D eigenvalue weighted by Crippen LogP contribution is -2.32. The maximum Gasteiger partial charge on any atom is 0.210 e. The summed E-state index contributed by atoms with van der Waals surface area (Å²) >= 11 is 0. The third kappa shape index (κ3) is 4.71. The van der Waals surface area contributed by atoms with Crippen molar-refractivity contribution in [3.05, 3.63) is 66.0 Å². The van der Waals surface area contributed by atoms with Crippen LogP contribution >= 0.6 is 0 Å². The van der Waals surface area contributed by atoms with E-state index in [1.54, 1.807) is 12.0 Å². The summed E-state index contributed by atoms with van der Waals surface area (Å²) in [6.45, 7) is 4.04. The zero-order chi connectivity index (χ0) is 19.9. The molecule has 1 N–H and O–H groups in total. The predicted octanol–water partition coefficient (Wildman–Crippen LogP) is 3.49. The van der Waals surface area contributed by atoms with Crippen molar-refractivity contribution >= 4 is 12.1 Å². The van der Waals surface area contributed by atoms with Crippen molar-refractivity contribution in [1.29, 1.82) is 0 Å². The number of carbonyl (C=O) groups is 1. The van der Waals surface area contributed by atoms with Gasteiger partial charge < -0.3 is 14.5 Å². The normalized spacial score (nSPS) is 10.5. The highest BCUT2D eigenvalue weighted by Crippen LogP contribution is 2.26. The zero-order valence-corrected chi connectivity index (χ0v) is 16.6. The van der Waals surface area contributed by atoms with E-state index in [0.717, 1.165) is 35.5 Å². The average molecular weight is 378 g/mol. The van der Waals surface area contributed by atoms with Gasteiger partial charge in [-0.25, -0.2) is 0 Å². The number of ether oxygens (including phenoxy) is 1. The van der Waals surface area contributed by atoms with Gasteiger partial charge in [0, 0.05) is 44.1 Å². The fraction of sp³-hybridized carbons (Fsp3) is 0.273. The SMILES string of the molecule is COc1cccc(CN(C=O)CCN(C)c2ccc(-c3cn[nH]c3)c(C)c2)c1. The van der Waals surface area contributed by atoms with Gasteiger partial charge in [0.1, 0.15) is 5.75 Å². The van der Waals surface area contributed by atoms with E-state index in [2.05, 4.69) is 40.2 Å². The Morgan fingerprint density at radius 1 is 1.18 bits per heavy atom. The van der Waals surface area contributed by atoms with Crippen LogP contribution in [0.5, 0.6) is 5.75 Å². The highest BCUT2D eigenvalue weighted by molar-refractivity contribution is 5.69. The first-order valence-electron chi connectivity index (χ1n) is 9.24. The number of hydrogen-bond donors (Lipinski definition) is 1. The number of methoxy groups -OCH3 is 1. The molecule has 0 fully saturated rings. The van der Waals surface area contributed by atoms with E-state index in [0.29, 0.717) is 13.1 Å². The first kappa shape index (κ1) is 19.5. The van der Waals surface area contributed by atoms with E-state index < -0.39 is 0 Å². The Balaban J connectivity index is 1.61. The summed E-state index contributed by atoms with van der Waals surface area (Å²) < 4.78 is 5.25. The summed E-state index contributed by atoms with van der Waals surface area (Å²) in [4.78, 5) is 15.4. The van der Waals surface area contributed by atoms with E-state index in [4.69, 9.17) is 4.74 Å². The Morgan fingerprint density at radius 3 is 2.71 bits per heavy atom. The van der Waals surface area contributed by atoms with Crippen molar-refractivity contribution in [3.63, 3.8) is 0 Å². The third-order valence-corrected chi connectivity index (χ3v) is 4.85. The number of nitrogens with zero attached hydrogens (tertiary/aromatic N) is 3. The molecule has 0 saturated heterocycles. The molecule has 0 unspecified atom stereocenters. The fourth-order valence-electron chi connectivity index (χ4n) is 3.19. The van der Waals surface area contributed by atoms with E-state index in [-0.39, 0.29) is 0 Å². The highest BCUT2D eigenvalue weighted by atomic mass is 16.5. The lowest BCUT2D eigenvalue weighted by Gasteiger charge is -2.24. The molecule has 1 aromatic heterocycles. The predicted molar refractivity (Wildman–Crippen MR) is 111 cm³/mol. The molecule has 3 rings (SSSR count). The molecule has 0 saturated carbocycles. The molecule has 146 valence electrons. The summed E-state index contributed by atoms with van der Waals surface area (Å²) in [6, 6.07) is 14.2. The van der Waals surface area contributed by atoms with Gasteiger partial charge in [0.05, 0.1) is 13.3 Å². The van der Waals surface area contributed by atoms with E-state index in [1.807, 2.05) is 43.7 Å². The maximum atomic E-state index is 11.5. The molecule has 28 heavy (non-hydrogen) atoms. The Labute approximate surface area is 165 Å². The molecule has 6 heteroatoms. The minimum Gasteiger partial charge on any atom is -0.497 e. The fourth-order valence-corrected chi connectivity index (χ4v) is 3.19. The largest absolute Gasteiger partial charge is 0.497 e. The second kappa shape index (κ2) is 9.08. The molecule has 1 amide bonds. The number of amides is 1. The molecular formula is C22H26N4O2. The van der Waals surface area contributed by atoms with E-state index in [9.17, 15) is 4.79 Å². The van der Waals surface area contributed by atoms with Crippen LogP contribution in [0.2, 0.25) is 0 Å². The number of rotatable bonds is 9. The molecule has 0 aliphatic heterocycles. The number of aromatic nitrogens is 2. The molecule has 0 spiro atoms. The Hall–Kier alpha value is -3.28. The van der Waals surface area contributed by atoms with Crippen molar-refractivity contribution in [3.8, 4) is 16.9 Å². The minimum atomic E-state index is 0.562. The van der Waals surface area contributed by atoms with Gasteiger partial charge in [-0.05, 0) is 47.9 Å². The van der Waals surface area contributed by atoms with Gasteiger partial charge in [-0.1, -0.05) is 18.2 Å². The number of likely N-dealkylation sites (N-methyl/N-ethyl adjacent to an activating group) is 1. The molecule has 6 nitrogen and oxygen atoms in total. The summed E-state index contributed by atoms with van der Waals surface area (Å²) in [5, 5.41) is 6.87. The molecule has 1 heterocycles. The number of carbonyl (C=O) groups excluding carboxylic acids is 1. The van der Waals surface area contributed by atoms with Gasteiger partial charge in [0.15, 0.2) is 0 Å². The van der Waals surface area contributed by atoms with Crippen LogP contribution in [0.15, 0.2) is 54.9 Å². The van der Waals surface area contributed by atoms with Crippen LogP contribution in [0.4, 0.5) is 5.69 Å². The van der Waals surface area contributed by atoms with Crippen molar-refractivity contribution in [2.75, 3.05) is 32.1 Å². The van der Waals surface area contributed by atoms with Crippen molar-refractivity contribution in [2.45, 2.75) is 13.5 Å². The standard InChI is InChI=1S/C22H26N4O2/c1-17-11-20(7-8-22(17)19-13-23-24-14-19)25(2)9-10-26(16-27)15-18-5-4-6-21(12-18)28-3/h4-8,11-14,16H,9-10,15H2,1-3H3,(H,23,24). The molecule has 0 aliphatic rings. The van der Waals surface area contributed by atoms with Crippen LogP contribution in [0.25, 0.3) is 11.1 Å². The first-order chi connectivity index (χ1) is 13.6. The number of aryl methyl sites for hydroxylation is 1. The van der Waals surface area contributed by atoms with Crippen LogP contribution in [0.3, 0.4) is 0 Å². The Morgan fingerprint density at radius 2 is 2.04 bits per heavy atom. The van der Waals surface area contributed by atoms with Gasteiger partial charge in [-0.15, -0.1) is 0 Å². The Bertz CT molecular complexity index is 909.